The molecule has 0 radical (unpaired) electrons. The Morgan fingerprint density at radius 2 is 1.50 bits per heavy atom. The van der Waals surface area contributed by atoms with Gasteiger partial charge in [0.2, 0.25) is 0 Å². The minimum atomic E-state index is -2.88. The number of rotatable bonds is 16. The van der Waals surface area contributed by atoms with Crippen LogP contribution in [0.15, 0.2) is 0 Å². The first-order chi connectivity index (χ1) is 10.6. The van der Waals surface area contributed by atoms with E-state index in [1.165, 1.54) is 25.7 Å². The average molecular weight is 334 g/mol. The first kappa shape index (κ1) is 22.1. The summed E-state index contributed by atoms with van der Waals surface area (Å²) in [5.74, 6) is 0.513. The third-order valence-corrected chi connectivity index (χ3v) is 6.10. The molecular formula is C18H39O3P. The van der Waals surface area contributed by atoms with E-state index in [1.54, 1.807) is 0 Å². The molecule has 0 saturated heterocycles. The SMILES string of the molecule is CCCCCCOP(=O)(CCCC)OCC(CC)CCCC. The van der Waals surface area contributed by atoms with Crippen molar-refractivity contribution in [3.05, 3.63) is 0 Å². The van der Waals surface area contributed by atoms with Gasteiger partial charge in [-0.05, 0) is 25.2 Å². The summed E-state index contributed by atoms with van der Waals surface area (Å²) in [6, 6.07) is 0. The van der Waals surface area contributed by atoms with E-state index in [0.717, 1.165) is 38.5 Å². The molecule has 2 atom stereocenters. The monoisotopic (exact) mass is 334 g/mol. The summed E-state index contributed by atoms with van der Waals surface area (Å²) >= 11 is 0. The Labute approximate surface area is 139 Å². The van der Waals surface area contributed by atoms with E-state index < -0.39 is 7.60 Å². The lowest BCUT2D eigenvalue weighted by molar-refractivity contribution is 0.169. The van der Waals surface area contributed by atoms with Crippen molar-refractivity contribution in [3.63, 3.8) is 0 Å². The van der Waals surface area contributed by atoms with Gasteiger partial charge in [0, 0.05) is 0 Å². The van der Waals surface area contributed by atoms with E-state index >= 15 is 0 Å². The number of hydrogen-bond donors (Lipinski definition) is 0. The van der Waals surface area contributed by atoms with Crippen LogP contribution in [-0.4, -0.2) is 19.4 Å². The fourth-order valence-corrected chi connectivity index (χ4v) is 4.25. The molecule has 0 fully saturated rings. The normalized spacial score (nSPS) is 15.6. The molecule has 0 bridgehead atoms. The predicted molar refractivity (Wildman–Crippen MR) is 96.7 cm³/mol. The second-order valence-corrected chi connectivity index (χ2v) is 8.48. The van der Waals surface area contributed by atoms with Crippen LogP contribution in [0.25, 0.3) is 0 Å². The quantitative estimate of drug-likeness (QED) is 0.230. The summed E-state index contributed by atoms with van der Waals surface area (Å²) in [5, 5.41) is 0. The largest absolute Gasteiger partial charge is 0.330 e. The highest BCUT2D eigenvalue weighted by molar-refractivity contribution is 7.53. The Morgan fingerprint density at radius 3 is 2.09 bits per heavy atom. The maximum absolute atomic E-state index is 12.9. The van der Waals surface area contributed by atoms with Crippen LogP contribution in [0.4, 0.5) is 0 Å². The minimum Gasteiger partial charge on any atom is -0.309 e. The summed E-state index contributed by atoms with van der Waals surface area (Å²) in [5.41, 5.74) is 0. The van der Waals surface area contributed by atoms with Gasteiger partial charge in [-0.2, -0.15) is 0 Å². The van der Waals surface area contributed by atoms with E-state index in [1.807, 2.05) is 0 Å². The van der Waals surface area contributed by atoms with Crippen LogP contribution >= 0.6 is 7.60 Å². The van der Waals surface area contributed by atoms with Crippen molar-refractivity contribution in [2.45, 2.75) is 91.9 Å². The molecule has 134 valence electrons. The molecule has 4 heteroatoms. The summed E-state index contributed by atoms with van der Waals surface area (Å²) in [6.07, 6.45) is 11.8. The van der Waals surface area contributed by atoms with Gasteiger partial charge < -0.3 is 9.05 Å². The van der Waals surface area contributed by atoms with Gasteiger partial charge in [-0.15, -0.1) is 0 Å². The minimum absolute atomic E-state index is 0.513. The summed E-state index contributed by atoms with van der Waals surface area (Å²) in [4.78, 5) is 0. The van der Waals surface area contributed by atoms with Gasteiger partial charge >= 0.3 is 7.60 Å². The van der Waals surface area contributed by atoms with Crippen molar-refractivity contribution in [1.82, 2.24) is 0 Å². The summed E-state index contributed by atoms with van der Waals surface area (Å²) < 4.78 is 24.4. The van der Waals surface area contributed by atoms with E-state index in [-0.39, 0.29) is 0 Å². The third-order valence-electron chi connectivity index (χ3n) is 4.12. The zero-order valence-electron chi connectivity index (χ0n) is 15.4. The Kier molecular flexibility index (Phi) is 14.8. The zero-order chi connectivity index (χ0) is 16.7. The van der Waals surface area contributed by atoms with Crippen LogP contribution in [0.1, 0.15) is 91.9 Å². The van der Waals surface area contributed by atoms with E-state index in [9.17, 15) is 4.57 Å². The standard InChI is InChI=1S/C18H39O3P/c1-5-9-12-13-15-20-22(19,16-11-7-3)21-17-18(8-4)14-10-6-2/h18H,5-17H2,1-4H3. The second-order valence-electron chi connectivity index (χ2n) is 6.29. The molecule has 0 N–H and O–H groups in total. The first-order valence-electron chi connectivity index (χ1n) is 9.49. The van der Waals surface area contributed by atoms with Gasteiger partial charge in [-0.1, -0.05) is 72.6 Å². The van der Waals surface area contributed by atoms with Gasteiger partial charge in [0.05, 0.1) is 19.4 Å². The van der Waals surface area contributed by atoms with Crippen molar-refractivity contribution in [2.75, 3.05) is 19.4 Å². The maximum atomic E-state index is 12.9. The predicted octanol–water partition coefficient (Wildman–Crippen LogP) is 6.81. The number of hydrogen-bond acceptors (Lipinski definition) is 3. The summed E-state index contributed by atoms with van der Waals surface area (Å²) in [6.45, 7) is 9.86. The Morgan fingerprint density at radius 1 is 0.818 bits per heavy atom. The fourth-order valence-electron chi connectivity index (χ4n) is 2.37. The Hall–Kier alpha value is 0.150. The fraction of sp³-hybridized carbons (Fsp3) is 1.00. The maximum Gasteiger partial charge on any atom is 0.330 e. The number of unbranched alkanes of at least 4 members (excludes halogenated alkanes) is 5. The zero-order valence-corrected chi connectivity index (χ0v) is 16.3. The van der Waals surface area contributed by atoms with Gasteiger partial charge in [0.1, 0.15) is 0 Å². The molecule has 0 rings (SSSR count). The van der Waals surface area contributed by atoms with Crippen molar-refractivity contribution in [1.29, 1.82) is 0 Å². The highest BCUT2D eigenvalue weighted by atomic mass is 31.2. The molecule has 0 aromatic rings. The molecule has 0 heterocycles. The molecule has 0 spiro atoms. The molecular weight excluding hydrogens is 295 g/mol. The molecule has 0 aromatic heterocycles. The van der Waals surface area contributed by atoms with Crippen LogP contribution < -0.4 is 0 Å². The van der Waals surface area contributed by atoms with Crippen molar-refractivity contribution in [2.24, 2.45) is 5.92 Å². The smallest absolute Gasteiger partial charge is 0.309 e. The van der Waals surface area contributed by atoms with Gasteiger partial charge in [-0.3, -0.25) is 4.57 Å². The third kappa shape index (κ3) is 11.7. The van der Waals surface area contributed by atoms with Crippen molar-refractivity contribution >= 4 is 7.60 Å². The van der Waals surface area contributed by atoms with Gasteiger partial charge in [0.25, 0.3) is 0 Å². The lowest BCUT2D eigenvalue weighted by Crippen LogP contribution is -2.10. The molecule has 0 aliphatic heterocycles. The lowest BCUT2D eigenvalue weighted by Gasteiger charge is -2.22. The molecule has 22 heavy (non-hydrogen) atoms. The molecule has 0 aliphatic carbocycles. The molecule has 0 amide bonds. The first-order valence-corrected chi connectivity index (χ1v) is 11.2. The second kappa shape index (κ2) is 14.7. The topological polar surface area (TPSA) is 35.5 Å². The van der Waals surface area contributed by atoms with Crippen LogP contribution in [0, 0.1) is 5.92 Å². The molecule has 0 aromatic carbocycles. The molecule has 0 saturated carbocycles. The van der Waals surface area contributed by atoms with Gasteiger partial charge in [-0.25, -0.2) is 0 Å². The van der Waals surface area contributed by atoms with Crippen molar-refractivity contribution < 1.29 is 13.6 Å². The lowest BCUT2D eigenvalue weighted by atomic mass is 10.0. The van der Waals surface area contributed by atoms with E-state index in [4.69, 9.17) is 9.05 Å². The van der Waals surface area contributed by atoms with Crippen LogP contribution in [0.2, 0.25) is 0 Å². The summed E-state index contributed by atoms with van der Waals surface area (Å²) in [7, 11) is -2.88. The van der Waals surface area contributed by atoms with Crippen LogP contribution in [0.3, 0.4) is 0 Å². The molecule has 3 nitrogen and oxygen atoms in total. The van der Waals surface area contributed by atoms with Gasteiger partial charge in [0.15, 0.2) is 0 Å². The highest BCUT2D eigenvalue weighted by Gasteiger charge is 2.25. The van der Waals surface area contributed by atoms with E-state index in [2.05, 4.69) is 27.7 Å². The van der Waals surface area contributed by atoms with Crippen LogP contribution in [0.5, 0.6) is 0 Å². The van der Waals surface area contributed by atoms with E-state index in [0.29, 0.717) is 25.3 Å². The average Bonchev–Trinajstić information content (AvgIpc) is 2.53. The van der Waals surface area contributed by atoms with Crippen LogP contribution in [-0.2, 0) is 13.6 Å². The molecule has 2 unspecified atom stereocenters. The Balaban J connectivity index is 4.24. The highest BCUT2D eigenvalue weighted by Crippen LogP contribution is 2.49. The van der Waals surface area contributed by atoms with Crippen molar-refractivity contribution in [3.8, 4) is 0 Å². The molecule has 0 aliphatic rings. The Bertz CT molecular complexity index is 282.